The highest BCUT2D eigenvalue weighted by molar-refractivity contribution is 6.83. The van der Waals surface area contributed by atoms with Crippen molar-refractivity contribution in [3.63, 3.8) is 0 Å². The minimum absolute atomic E-state index is 0.181. The van der Waals surface area contributed by atoms with Crippen LogP contribution in [0.4, 0.5) is 0 Å². The van der Waals surface area contributed by atoms with Gasteiger partial charge in [-0.05, 0) is 13.8 Å². The van der Waals surface area contributed by atoms with Crippen LogP contribution in [-0.4, -0.2) is 49.0 Å². The molecule has 17 heavy (non-hydrogen) atoms. The molecule has 0 aromatic carbocycles. The van der Waals surface area contributed by atoms with Gasteiger partial charge >= 0.3 is 0 Å². The van der Waals surface area contributed by atoms with E-state index in [1.807, 2.05) is 0 Å². The summed E-state index contributed by atoms with van der Waals surface area (Å²) in [5.41, 5.74) is 3.09. The predicted octanol–water partition coefficient (Wildman–Crippen LogP) is 0.740. The maximum atomic E-state index is 9.98. The lowest BCUT2D eigenvalue weighted by Crippen LogP contribution is -2.37. The van der Waals surface area contributed by atoms with Crippen LogP contribution >= 0.6 is 0 Å². The summed E-state index contributed by atoms with van der Waals surface area (Å²) in [5.74, 6) is 2.04. The van der Waals surface area contributed by atoms with Crippen LogP contribution in [0.1, 0.15) is 13.8 Å². The van der Waals surface area contributed by atoms with E-state index < -0.39 is 32.2 Å². The van der Waals surface area contributed by atoms with Crippen LogP contribution < -0.4 is 0 Å². The Morgan fingerprint density at radius 1 is 1.29 bits per heavy atom. The normalized spacial score (nSPS) is 29.6. The van der Waals surface area contributed by atoms with Gasteiger partial charge < -0.3 is 19.7 Å². The second kappa shape index (κ2) is 5.08. The Balaban J connectivity index is 2.74. The third-order valence-electron chi connectivity index (χ3n) is 2.31. The molecule has 1 saturated heterocycles. The minimum Gasteiger partial charge on any atom is -0.394 e. The molecule has 1 heterocycles. The summed E-state index contributed by atoms with van der Waals surface area (Å²) in [6.07, 6.45) is -2.02. The molecule has 2 N–H and O–H groups in total. The average molecular weight is 258 g/mol. The Morgan fingerprint density at radius 2 is 1.88 bits per heavy atom. The first-order valence-electron chi connectivity index (χ1n) is 5.82. The largest absolute Gasteiger partial charge is 0.394 e. The summed E-state index contributed by atoms with van der Waals surface area (Å²) >= 11 is 0. The first-order valence-corrected chi connectivity index (χ1v) is 9.32. The van der Waals surface area contributed by atoms with E-state index in [2.05, 4.69) is 31.1 Å². The lowest BCUT2D eigenvalue weighted by molar-refractivity contribution is -0.154. The third-order valence-corrected chi connectivity index (χ3v) is 3.20. The molecule has 1 aliphatic heterocycles. The van der Waals surface area contributed by atoms with Crippen molar-refractivity contribution in [2.75, 3.05) is 6.61 Å². The van der Waals surface area contributed by atoms with Gasteiger partial charge in [-0.2, -0.15) is 0 Å². The van der Waals surface area contributed by atoms with Gasteiger partial charge in [0.1, 0.15) is 26.4 Å². The van der Waals surface area contributed by atoms with E-state index in [1.165, 1.54) is 0 Å². The van der Waals surface area contributed by atoms with Gasteiger partial charge in [0.2, 0.25) is 0 Å². The van der Waals surface area contributed by atoms with Gasteiger partial charge in [-0.25, -0.2) is 0 Å². The molecule has 0 aromatic rings. The van der Waals surface area contributed by atoms with Gasteiger partial charge in [-0.3, -0.25) is 0 Å². The second-order valence-electron chi connectivity index (χ2n) is 5.79. The number of hydrogen-bond donors (Lipinski definition) is 2. The van der Waals surface area contributed by atoms with E-state index in [9.17, 15) is 10.2 Å². The molecule has 0 aliphatic carbocycles. The first-order chi connectivity index (χ1) is 7.64. The zero-order chi connectivity index (χ0) is 13.3. The van der Waals surface area contributed by atoms with Crippen molar-refractivity contribution in [3.05, 3.63) is 0 Å². The quantitative estimate of drug-likeness (QED) is 0.566. The molecule has 0 aromatic heterocycles. The Labute approximate surface area is 104 Å². The molecule has 1 rings (SSSR count). The summed E-state index contributed by atoms with van der Waals surface area (Å²) in [6, 6.07) is 0. The first kappa shape index (κ1) is 14.7. The van der Waals surface area contributed by atoms with E-state index in [4.69, 9.17) is 9.47 Å². The highest BCUT2D eigenvalue weighted by Gasteiger charge is 2.44. The van der Waals surface area contributed by atoms with Crippen LogP contribution in [0, 0.1) is 11.5 Å². The molecule has 0 bridgehead atoms. The standard InChI is InChI=1S/C12H22O4Si/c1-12(2)15-10(8-13)11(16-12)9(14)6-7-17(3,4)5/h9-11,13-14H,8H2,1-5H3/t9-,10?,11?/m0/s1. The van der Waals surface area contributed by atoms with Crippen molar-refractivity contribution in [2.45, 2.75) is 57.6 Å². The van der Waals surface area contributed by atoms with E-state index in [0.29, 0.717) is 0 Å². The zero-order valence-electron chi connectivity index (χ0n) is 11.2. The number of aliphatic hydroxyl groups is 2. The Morgan fingerprint density at radius 3 is 2.35 bits per heavy atom. The summed E-state index contributed by atoms with van der Waals surface area (Å²) in [4.78, 5) is 0. The molecular weight excluding hydrogens is 236 g/mol. The smallest absolute Gasteiger partial charge is 0.164 e. The summed E-state index contributed by atoms with van der Waals surface area (Å²) < 4.78 is 11.0. The van der Waals surface area contributed by atoms with Gasteiger partial charge in [0, 0.05) is 0 Å². The van der Waals surface area contributed by atoms with Crippen molar-refractivity contribution in [1.29, 1.82) is 0 Å². The molecular formula is C12H22O4Si. The van der Waals surface area contributed by atoms with Gasteiger partial charge in [0.15, 0.2) is 5.79 Å². The molecule has 0 amide bonds. The van der Waals surface area contributed by atoms with Gasteiger partial charge in [0.25, 0.3) is 0 Å². The van der Waals surface area contributed by atoms with Crippen LogP contribution in [0.2, 0.25) is 19.6 Å². The van der Waals surface area contributed by atoms with E-state index in [-0.39, 0.29) is 6.61 Å². The molecule has 3 atom stereocenters. The van der Waals surface area contributed by atoms with Crippen molar-refractivity contribution < 1.29 is 19.7 Å². The number of hydrogen-bond acceptors (Lipinski definition) is 4. The second-order valence-corrected chi connectivity index (χ2v) is 10.5. The molecule has 1 fully saturated rings. The summed E-state index contributed by atoms with van der Waals surface area (Å²) in [7, 11) is -1.52. The van der Waals surface area contributed by atoms with Crippen molar-refractivity contribution in [2.24, 2.45) is 0 Å². The van der Waals surface area contributed by atoms with Crippen LogP contribution in [0.15, 0.2) is 0 Å². The summed E-state index contributed by atoms with van der Waals surface area (Å²) in [5, 5.41) is 19.2. The fraction of sp³-hybridized carbons (Fsp3) is 0.833. The maximum absolute atomic E-state index is 9.98. The average Bonchev–Trinajstić information content (AvgIpc) is 2.49. The van der Waals surface area contributed by atoms with Crippen molar-refractivity contribution in [1.82, 2.24) is 0 Å². The fourth-order valence-corrected chi connectivity index (χ4v) is 2.23. The highest BCUT2D eigenvalue weighted by Crippen LogP contribution is 2.29. The molecule has 5 heteroatoms. The van der Waals surface area contributed by atoms with Crippen LogP contribution in [0.3, 0.4) is 0 Å². The molecule has 98 valence electrons. The SMILES string of the molecule is CC1(C)OC(CO)C([C@@H](O)C#C[Si](C)(C)C)O1. The van der Waals surface area contributed by atoms with Gasteiger partial charge in [-0.1, -0.05) is 25.6 Å². The van der Waals surface area contributed by atoms with E-state index in [1.54, 1.807) is 13.8 Å². The zero-order valence-corrected chi connectivity index (χ0v) is 12.2. The Kier molecular flexibility index (Phi) is 4.39. The van der Waals surface area contributed by atoms with Gasteiger partial charge in [-0.15, -0.1) is 5.54 Å². The molecule has 0 spiro atoms. The number of ether oxygens (including phenoxy) is 2. The minimum atomic E-state index is -1.52. The number of rotatable bonds is 2. The topological polar surface area (TPSA) is 58.9 Å². The lowest BCUT2D eigenvalue weighted by atomic mass is 10.1. The van der Waals surface area contributed by atoms with Crippen LogP contribution in [0.5, 0.6) is 0 Å². The van der Waals surface area contributed by atoms with E-state index >= 15 is 0 Å². The molecule has 1 aliphatic rings. The van der Waals surface area contributed by atoms with Crippen molar-refractivity contribution >= 4 is 8.07 Å². The van der Waals surface area contributed by atoms with Crippen LogP contribution in [-0.2, 0) is 9.47 Å². The lowest BCUT2D eigenvalue weighted by Gasteiger charge is -2.18. The Hall–Kier alpha value is -0.383. The monoisotopic (exact) mass is 258 g/mol. The Bertz CT molecular complexity index is 324. The van der Waals surface area contributed by atoms with E-state index in [0.717, 1.165) is 0 Å². The molecule has 4 nitrogen and oxygen atoms in total. The molecule has 0 saturated carbocycles. The van der Waals surface area contributed by atoms with Gasteiger partial charge in [0.05, 0.1) is 6.61 Å². The predicted molar refractivity (Wildman–Crippen MR) is 68.0 cm³/mol. The van der Waals surface area contributed by atoms with Crippen molar-refractivity contribution in [3.8, 4) is 11.5 Å². The maximum Gasteiger partial charge on any atom is 0.164 e. The van der Waals surface area contributed by atoms with Crippen LogP contribution in [0.25, 0.3) is 0 Å². The summed E-state index contributed by atoms with van der Waals surface area (Å²) in [6.45, 7) is 9.65. The third kappa shape index (κ3) is 4.41. The molecule has 0 radical (unpaired) electrons. The fourth-order valence-electron chi connectivity index (χ4n) is 1.64. The number of aliphatic hydroxyl groups excluding tert-OH is 2. The molecule has 2 unspecified atom stereocenters. The highest BCUT2D eigenvalue weighted by atomic mass is 28.3.